The van der Waals surface area contributed by atoms with Gasteiger partial charge in [0, 0.05) is 19.1 Å². The van der Waals surface area contributed by atoms with E-state index in [0.717, 1.165) is 5.56 Å². The zero-order valence-electron chi connectivity index (χ0n) is 16.3. The zero-order valence-corrected chi connectivity index (χ0v) is 17.1. The monoisotopic (exact) mass is 420 g/mol. The first-order chi connectivity index (χ1) is 13.9. The minimum Gasteiger partial charge on any atom is -0.494 e. The molecule has 2 aromatic rings. The van der Waals surface area contributed by atoms with Gasteiger partial charge in [-0.3, -0.25) is 4.79 Å². The van der Waals surface area contributed by atoms with Crippen LogP contribution in [0.25, 0.3) is 0 Å². The fraction of sp³-hybridized carbons (Fsp3) is 0.381. The van der Waals surface area contributed by atoms with Crippen LogP contribution in [0.1, 0.15) is 25.3 Å². The van der Waals surface area contributed by atoms with Crippen molar-refractivity contribution in [2.24, 2.45) is 0 Å². The molecule has 1 heterocycles. The normalized spacial score (nSPS) is 15.3. The average molecular weight is 421 g/mol. The van der Waals surface area contributed by atoms with E-state index in [1.807, 2.05) is 6.92 Å². The van der Waals surface area contributed by atoms with Crippen LogP contribution in [0.4, 0.5) is 4.39 Å². The third kappa shape index (κ3) is 5.77. The number of likely N-dealkylation sites (tertiary alicyclic amines) is 1. The van der Waals surface area contributed by atoms with E-state index in [-0.39, 0.29) is 29.1 Å². The van der Waals surface area contributed by atoms with E-state index >= 15 is 0 Å². The highest BCUT2D eigenvalue weighted by atomic mass is 32.2. The Bertz CT molecular complexity index is 922. The number of hydrogen-bond acceptors (Lipinski definition) is 4. The number of hydrogen-bond donors (Lipinski definition) is 1. The lowest BCUT2D eigenvalue weighted by atomic mass is 10.0. The molecule has 0 atom stereocenters. The van der Waals surface area contributed by atoms with E-state index < -0.39 is 10.0 Å². The summed E-state index contributed by atoms with van der Waals surface area (Å²) in [7, 11) is -3.63. The van der Waals surface area contributed by atoms with Gasteiger partial charge in [0.15, 0.2) is 0 Å². The lowest BCUT2D eigenvalue weighted by Gasteiger charge is -2.32. The van der Waals surface area contributed by atoms with Crippen molar-refractivity contribution in [3.63, 3.8) is 0 Å². The molecule has 6 nitrogen and oxygen atoms in total. The van der Waals surface area contributed by atoms with E-state index in [0.29, 0.717) is 38.3 Å². The first-order valence-electron chi connectivity index (χ1n) is 9.65. The number of nitrogens with zero attached hydrogens (tertiary/aromatic N) is 1. The Morgan fingerprint density at radius 2 is 1.72 bits per heavy atom. The fourth-order valence-corrected chi connectivity index (χ4v) is 4.61. The molecule has 1 amide bonds. The van der Waals surface area contributed by atoms with Crippen LogP contribution in [-0.4, -0.2) is 45.0 Å². The number of halogens is 1. The highest BCUT2D eigenvalue weighted by Crippen LogP contribution is 2.19. The van der Waals surface area contributed by atoms with Crippen molar-refractivity contribution in [1.82, 2.24) is 9.62 Å². The molecule has 29 heavy (non-hydrogen) atoms. The Morgan fingerprint density at radius 3 is 2.31 bits per heavy atom. The second-order valence-corrected chi connectivity index (χ2v) is 8.70. The van der Waals surface area contributed by atoms with Crippen LogP contribution in [0, 0.1) is 5.82 Å². The van der Waals surface area contributed by atoms with Crippen molar-refractivity contribution in [2.75, 3.05) is 19.7 Å². The number of piperidine rings is 1. The van der Waals surface area contributed by atoms with Crippen molar-refractivity contribution >= 4 is 15.9 Å². The number of sulfonamides is 1. The molecular formula is C21H25FN2O4S. The Kier molecular flexibility index (Phi) is 6.87. The molecule has 1 saturated heterocycles. The van der Waals surface area contributed by atoms with E-state index in [4.69, 9.17) is 4.74 Å². The standard InChI is InChI=1S/C21H25FN2O4S/c1-2-28-19-7-9-20(10-8-19)29(26,27)23-18-11-13-24(14-12-18)21(25)15-16-3-5-17(22)6-4-16/h3-10,18,23H,2,11-15H2,1H3. The molecular weight excluding hydrogens is 395 g/mol. The number of rotatable bonds is 7. The summed E-state index contributed by atoms with van der Waals surface area (Å²) >= 11 is 0. The van der Waals surface area contributed by atoms with Gasteiger partial charge >= 0.3 is 0 Å². The van der Waals surface area contributed by atoms with Gasteiger partial charge in [-0.05, 0) is 61.7 Å². The van der Waals surface area contributed by atoms with Crippen LogP contribution in [0.3, 0.4) is 0 Å². The molecule has 1 N–H and O–H groups in total. The minimum atomic E-state index is -3.63. The van der Waals surface area contributed by atoms with E-state index in [1.54, 1.807) is 29.2 Å². The Morgan fingerprint density at radius 1 is 1.10 bits per heavy atom. The Labute approximate surface area is 170 Å². The van der Waals surface area contributed by atoms with E-state index in [1.165, 1.54) is 24.3 Å². The van der Waals surface area contributed by atoms with Gasteiger partial charge in [0.1, 0.15) is 11.6 Å². The Balaban J connectivity index is 1.52. The van der Waals surface area contributed by atoms with Gasteiger partial charge in [0.2, 0.25) is 15.9 Å². The molecule has 3 rings (SSSR count). The predicted octanol–water partition coefficient (Wildman–Crippen LogP) is 2.74. The molecule has 0 bridgehead atoms. The molecule has 0 saturated carbocycles. The molecule has 0 spiro atoms. The second-order valence-electron chi connectivity index (χ2n) is 6.98. The summed E-state index contributed by atoms with van der Waals surface area (Å²) in [5, 5.41) is 0. The van der Waals surface area contributed by atoms with Crippen LogP contribution in [0.5, 0.6) is 5.75 Å². The van der Waals surface area contributed by atoms with Crippen molar-refractivity contribution < 1.29 is 22.3 Å². The number of carbonyl (C=O) groups is 1. The van der Waals surface area contributed by atoms with Crippen LogP contribution in [0.15, 0.2) is 53.4 Å². The average Bonchev–Trinajstić information content (AvgIpc) is 2.71. The SMILES string of the molecule is CCOc1ccc(S(=O)(=O)NC2CCN(C(=O)Cc3ccc(F)cc3)CC2)cc1. The van der Waals surface area contributed by atoms with Gasteiger partial charge in [-0.25, -0.2) is 17.5 Å². The quantitative estimate of drug-likeness (QED) is 0.747. The maximum Gasteiger partial charge on any atom is 0.240 e. The van der Waals surface area contributed by atoms with Crippen LogP contribution < -0.4 is 9.46 Å². The number of nitrogens with one attached hydrogen (secondary N) is 1. The number of amides is 1. The third-order valence-corrected chi connectivity index (χ3v) is 6.42. The fourth-order valence-electron chi connectivity index (χ4n) is 3.30. The summed E-state index contributed by atoms with van der Waals surface area (Å²) in [5.41, 5.74) is 0.759. The molecule has 1 fully saturated rings. The molecule has 2 aromatic carbocycles. The molecule has 0 unspecified atom stereocenters. The zero-order chi connectivity index (χ0) is 20.9. The second kappa shape index (κ2) is 9.37. The summed E-state index contributed by atoms with van der Waals surface area (Å²) in [6, 6.07) is 12.0. The number of carbonyl (C=O) groups excluding carboxylic acids is 1. The lowest BCUT2D eigenvalue weighted by molar-refractivity contribution is -0.131. The first-order valence-corrected chi connectivity index (χ1v) is 11.1. The van der Waals surface area contributed by atoms with Crippen molar-refractivity contribution in [2.45, 2.75) is 37.1 Å². The summed E-state index contributed by atoms with van der Waals surface area (Å²) in [5.74, 6) is 0.255. The maximum absolute atomic E-state index is 13.0. The molecule has 156 valence electrons. The summed E-state index contributed by atoms with van der Waals surface area (Å²) in [4.78, 5) is 14.4. The van der Waals surface area contributed by atoms with Crippen molar-refractivity contribution in [1.29, 1.82) is 0 Å². The predicted molar refractivity (Wildman–Crippen MR) is 108 cm³/mol. The molecule has 0 aromatic heterocycles. The number of ether oxygens (including phenoxy) is 1. The molecule has 0 aliphatic carbocycles. The van der Waals surface area contributed by atoms with E-state index in [2.05, 4.69) is 4.72 Å². The maximum atomic E-state index is 13.0. The Hall–Kier alpha value is -2.45. The van der Waals surface area contributed by atoms with Crippen molar-refractivity contribution in [3.8, 4) is 5.75 Å². The van der Waals surface area contributed by atoms with Gasteiger partial charge in [-0.15, -0.1) is 0 Å². The summed E-state index contributed by atoms with van der Waals surface area (Å²) < 4.78 is 46.2. The van der Waals surface area contributed by atoms with Gasteiger partial charge < -0.3 is 9.64 Å². The lowest BCUT2D eigenvalue weighted by Crippen LogP contribution is -2.46. The largest absolute Gasteiger partial charge is 0.494 e. The van der Waals surface area contributed by atoms with Gasteiger partial charge in [-0.1, -0.05) is 12.1 Å². The van der Waals surface area contributed by atoms with Crippen LogP contribution in [0.2, 0.25) is 0 Å². The molecule has 1 aliphatic heterocycles. The van der Waals surface area contributed by atoms with Gasteiger partial charge in [0.25, 0.3) is 0 Å². The van der Waals surface area contributed by atoms with E-state index in [9.17, 15) is 17.6 Å². The van der Waals surface area contributed by atoms with Crippen molar-refractivity contribution in [3.05, 3.63) is 59.9 Å². The third-order valence-electron chi connectivity index (χ3n) is 4.88. The summed E-state index contributed by atoms with van der Waals surface area (Å²) in [6.07, 6.45) is 1.31. The summed E-state index contributed by atoms with van der Waals surface area (Å²) in [6.45, 7) is 3.35. The minimum absolute atomic E-state index is 0.0376. The smallest absolute Gasteiger partial charge is 0.240 e. The number of benzene rings is 2. The van der Waals surface area contributed by atoms with Gasteiger partial charge in [-0.2, -0.15) is 0 Å². The molecule has 1 aliphatic rings. The topological polar surface area (TPSA) is 75.7 Å². The molecule has 0 radical (unpaired) electrons. The molecule has 8 heteroatoms. The van der Waals surface area contributed by atoms with Crippen LogP contribution >= 0.6 is 0 Å². The first kappa shape index (κ1) is 21.3. The van der Waals surface area contributed by atoms with Gasteiger partial charge in [0.05, 0.1) is 17.9 Å². The van der Waals surface area contributed by atoms with Crippen LogP contribution in [-0.2, 0) is 21.2 Å². The highest BCUT2D eigenvalue weighted by Gasteiger charge is 2.26. The highest BCUT2D eigenvalue weighted by molar-refractivity contribution is 7.89.